The van der Waals surface area contributed by atoms with E-state index in [2.05, 4.69) is 15.6 Å². The van der Waals surface area contributed by atoms with Gasteiger partial charge in [-0.15, -0.1) is 0 Å². The van der Waals surface area contributed by atoms with E-state index in [1.165, 1.54) is 19.1 Å². The second-order valence-corrected chi connectivity index (χ2v) is 9.15. The van der Waals surface area contributed by atoms with Crippen molar-refractivity contribution in [3.63, 3.8) is 0 Å². The SMILES string of the molecule is CC(=O)NCCNc1cc(N2CCN(C(=O)c3cccc(C(F)(F)F)c3)CC2)nc(-c2ccc(Cl)cc2)n1. The van der Waals surface area contributed by atoms with E-state index in [0.717, 1.165) is 17.7 Å². The van der Waals surface area contributed by atoms with Crippen molar-refractivity contribution < 1.29 is 22.8 Å². The summed E-state index contributed by atoms with van der Waals surface area (Å²) in [6.07, 6.45) is -4.52. The number of nitrogens with one attached hydrogen (secondary N) is 2. The molecule has 38 heavy (non-hydrogen) atoms. The molecule has 0 saturated carbocycles. The molecule has 0 atom stereocenters. The molecule has 2 aromatic carbocycles. The number of rotatable bonds is 7. The number of anilines is 2. The number of piperazine rings is 1. The molecule has 0 aliphatic carbocycles. The lowest BCUT2D eigenvalue weighted by Gasteiger charge is -2.35. The molecule has 0 radical (unpaired) electrons. The minimum Gasteiger partial charge on any atom is -0.368 e. The van der Waals surface area contributed by atoms with Crippen molar-refractivity contribution in [1.82, 2.24) is 20.2 Å². The average Bonchev–Trinajstić information content (AvgIpc) is 2.90. The van der Waals surface area contributed by atoms with Gasteiger partial charge in [0.2, 0.25) is 5.91 Å². The molecule has 3 aromatic rings. The fourth-order valence-electron chi connectivity index (χ4n) is 3.99. The van der Waals surface area contributed by atoms with Crippen LogP contribution in [0.15, 0.2) is 54.6 Å². The topological polar surface area (TPSA) is 90.5 Å². The second kappa shape index (κ2) is 11.7. The fourth-order valence-corrected chi connectivity index (χ4v) is 4.12. The van der Waals surface area contributed by atoms with Crippen LogP contribution in [-0.2, 0) is 11.0 Å². The van der Waals surface area contributed by atoms with Crippen molar-refractivity contribution >= 4 is 35.1 Å². The van der Waals surface area contributed by atoms with Crippen molar-refractivity contribution in [2.45, 2.75) is 13.1 Å². The highest BCUT2D eigenvalue weighted by Gasteiger charge is 2.32. The third kappa shape index (κ3) is 6.91. The van der Waals surface area contributed by atoms with E-state index in [1.807, 2.05) is 17.0 Å². The van der Waals surface area contributed by atoms with E-state index in [-0.39, 0.29) is 11.5 Å². The molecule has 2 heterocycles. The zero-order valence-corrected chi connectivity index (χ0v) is 21.3. The third-order valence-corrected chi connectivity index (χ3v) is 6.20. The predicted molar refractivity (Wildman–Crippen MR) is 139 cm³/mol. The standard InChI is InChI=1S/C26H26ClF3N6O2/c1-17(37)31-9-10-32-22-16-23(34-24(33-22)18-5-7-21(27)8-6-18)35-11-13-36(14-12-35)25(38)19-3-2-4-20(15-19)26(28,29)30/h2-8,15-16H,9-14H2,1H3,(H,31,37)(H,32,33,34). The van der Waals surface area contributed by atoms with Crippen LogP contribution in [0.3, 0.4) is 0 Å². The lowest BCUT2D eigenvalue weighted by molar-refractivity contribution is -0.137. The number of aromatic nitrogens is 2. The lowest BCUT2D eigenvalue weighted by atomic mass is 10.1. The first-order chi connectivity index (χ1) is 18.1. The zero-order chi connectivity index (χ0) is 27.3. The van der Waals surface area contributed by atoms with E-state index in [4.69, 9.17) is 16.6 Å². The van der Waals surface area contributed by atoms with Crippen LogP contribution in [-0.4, -0.2) is 66.0 Å². The molecule has 1 saturated heterocycles. The predicted octanol–water partition coefficient (Wildman–Crippen LogP) is 4.33. The number of hydrogen-bond donors (Lipinski definition) is 2. The van der Waals surface area contributed by atoms with E-state index in [0.29, 0.717) is 61.8 Å². The van der Waals surface area contributed by atoms with Gasteiger partial charge in [-0.05, 0) is 42.5 Å². The fraction of sp³-hybridized carbons (Fsp3) is 0.308. The molecule has 1 aliphatic rings. The molecular formula is C26H26ClF3N6O2. The number of carbonyl (C=O) groups excluding carboxylic acids is 2. The Hall–Kier alpha value is -3.86. The molecular weight excluding hydrogens is 521 g/mol. The molecule has 0 unspecified atom stereocenters. The number of amides is 2. The summed E-state index contributed by atoms with van der Waals surface area (Å²) in [4.78, 5) is 36.9. The summed E-state index contributed by atoms with van der Waals surface area (Å²) in [5.41, 5.74) is -0.0817. The van der Waals surface area contributed by atoms with Gasteiger partial charge in [0.1, 0.15) is 11.6 Å². The van der Waals surface area contributed by atoms with Crippen molar-refractivity contribution in [1.29, 1.82) is 0 Å². The number of halogens is 4. The molecule has 4 rings (SSSR count). The van der Waals surface area contributed by atoms with Crippen LogP contribution < -0.4 is 15.5 Å². The first-order valence-electron chi connectivity index (χ1n) is 11.9. The van der Waals surface area contributed by atoms with Crippen LogP contribution in [0, 0.1) is 0 Å². The molecule has 8 nitrogen and oxygen atoms in total. The first kappa shape index (κ1) is 27.2. The van der Waals surface area contributed by atoms with Crippen molar-refractivity contribution in [2.24, 2.45) is 0 Å². The summed E-state index contributed by atoms with van der Waals surface area (Å²) in [6.45, 7) is 3.83. The van der Waals surface area contributed by atoms with Crippen LogP contribution in [0.25, 0.3) is 11.4 Å². The Kier molecular flexibility index (Phi) is 8.35. The van der Waals surface area contributed by atoms with Crippen LogP contribution in [0.2, 0.25) is 5.02 Å². The zero-order valence-electron chi connectivity index (χ0n) is 20.6. The summed E-state index contributed by atoms with van der Waals surface area (Å²) in [7, 11) is 0. The minimum atomic E-state index is -4.52. The van der Waals surface area contributed by atoms with Gasteiger partial charge in [0.25, 0.3) is 5.91 Å². The van der Waals surface area contributed by atoms with E-state index < -0.39 is 17.6 Å². The van der Waals surface area contributed by atoms with Crippen LogP contribution >= 0.6 is 11.6 Å². The van der Waals surface area contributed by atoms with Crippen LogP contribution in [0.1, 0.15) is 22.8 Å². The highest BCUT2D eigenvalue weighted by atomic mass is 35.5. The quantitative estimate of drug-likeness (QED) is 0.429. The van der Waals surface area contributed by atoms with Crippen molar-refractivity contribution in [3.8, 4) is 11.4 Å². The van der Waals surface area contributed by atoms with Gasteiger partial charge in [-0.25, -0.2) is 9.97 Å². The van der Waals surface area contributed by atoms with Crippen LogP contribution in [0.4, 0.5) is 24.8 Å². The number of alkyl halides is 3. The molecule has 0 spiro atoms. The molecule has 1 aliphatic heterocycles. The van der Waals surface area contributed by atoms with E-state index in [9.17, 15) is 22.8 Å². The Labute approximate surface area is 222 Å². The minimum absolute atomic E-state index is 0.00555. The highest BCUT2D eigenvalue weighted by Crippen LogP contribution is 2.30. The van der Waals surface area contributed by atoms with Gasteiger partial charge in [-0.2, -0.15) is 13.2 Å². The Morgan fingerprint density at radius 2 is 1.68 bits per heavy atom. The average molecular weight is 547 g/mol. The van der Waals surface area contributed by atoms with Gasteiger partial charge in [0, 0.05) is 68.4 Å². The monoisotopic (exact) mass is 546 g/mol. The number of nitrogens with zero attached hydrogens (tertiary/aromatic N) is 4. The summed E-state index contributed by atoms with van der Waals surface area (Å²) in [5, 5.41) is 6.49. The maximum atomic E-state index is 13.1. The van der Waals surface area contributed by atoms with E-state index >= 15 is 0 Å². The smallest absolute Gasteiger partial charge is 0.368 e. The summed E-state index contributed by atoms with van der Waals surface area (Å²) in [6, 6.07) is 13.4. The molecule has 200 valence electrons. The van der Waals surface area contributed by atoms with Crippen molar-refractivity contribution in [3.05, 3.63) is 70.7 Å². The Bertz CT molecular complexity index is 1290. The highest BCUT2D eigenvalue weighted by molar-refractivity contribution is 6.30. The summed E-state index contributed by atoms with van der Waals surface area (Å²) in [5.74, 6) is 1.10. The third-order valence-electron chi connectivity index (χ3n) is 5.95. The largest absolute Gasteiger partial charge is 0.416 e. The molecule has 2 N–H and O–H groups in total. The molecule has 12 heteroatoms. The number of carbonyl (C=O) groups is 2. The maximum Gasteiger partial charge on any atom is 0.416 e. The number of hydrogen-bond acceptors (Lipinski definition) is 6. The molecule has 1 fully saturated rings. The maximum absolute atomic E-state index is 13.1. The molecule has 1 aromatic heterocycles. The van der Waals surface area contributed by atoms with Gasteiger partial charge in [-0.3, -0.25) is 9.59 Å². The number of benzene rings is 2. The summed E-state index contributed by atoms with van der Waals surface area (Å²) >= 11 is 6.02. The Morgan fingerprint density at radius 3 is 2.34 bits per heavy atom. The Balaban J connectivity index is 1.49. The molecule has 2 amide bonds. The van der Waals surface area contributed by atoms with Crippen LogP contribution in [0.5, 0.6) is 0 Å². The lowest BCUT2D eigenvalue weighted by Crippen LogP contribution is -2.49. The van der Waals surface area contributed by atoms with Gasteiger partial charge in [0.15, 0.2) is 5.82 Å². The van der Waals surface area contributed by atoms with Gasteiger partial charge in [-0.1, -0.05) is 17.7 Å². The van der Waals surface area contributed by atoms with Crippen molar-refractivity contribution in [2.75, 3.05) is 49.5 Å². The summed E-state index contributed by atoms with van der Waals surface area (Å²) < 4.78 is 39.2. The molecule has 0 bridgehead atoms. The van der Waals surface area contributed by atoms with E-state index in [1.54, 1.807) is 23.1 Å². The first-order valence-corrected chi connectivity index (χ1v) is 12.3. The Morgan fingerprint density at radius 1 is 0.974 bits per heavy atom. The normalized spacial score (nSPS) is 13.8. The second-order valence-electron chi connectivity index (χ2n) is 8.71. The van der Waals surface area contributed by atoms with Gasteiger partial charge in [0.05, 0.1) is 5.56 Å². The van der Waals surface area contributed by atoms with Gasteiger partial charge >= 0.3 is 6.18 Å². The van der Waals surface area contributed by atoms with Gasteiger partial charge < -0.3 is 20.4 Å².